The second kappa shape index (κ2) is 9.70. The highest BCUT2D eigenvalue weighted by Crippen LogP contribution is 2.40. The highest BCUT2D eigenvalue weighted by atomic mass is 32.2. The quantitative estimate of drug-likeness (QED) is 0.377. The number of fused-ring (bicyclic) bond motifs is 2. The molecule has 0 spiro atoms. The van der Waals surface area contributed by atoms with Crippen LogP contribution in [0.25, 0.3) is 33.2 Å². The highest BCUT2D eigenvalue weighted by molar-refractivity contribution is 7.97. The van der Waals surface area contributed by atoms with Crippen molar-refractivity contribution in [3.8, 4) is 11.3 Å². The fraction of sp³-hybridized carbons (Fsp3) is 0.429. The average Bonchev–Trinajstić information content (AvgIpc) is 3.44. The van der Waals surface area contributed by atoms with Gasteiger partial charge in [0.15, 0.2) is 5.65 Å². The Morgan fingerprint density at radius 3 is 2.63 bits per heavy atom. The van der Waals surface area contributed by atoms with Crippen molar-refractivity contribution in [2.24, 2.45) is 0 Å². The fourth-order valence-corrected chi connectivity index (χ4v) is 6.01. The molecule has 1 aromatic carbocycles. The van der Waals surface area contributed by atoms with Gasteiger partial charge in [-0.15, -0.1) is 0 Å². The fourth-order valence-electron chi connectivity index (χ4n) is 5.51. The summed E-state index contributed by atoms with van der Waals surface area (Å²) in [5.74, 6) is 1.11. The van der Waals surface area contributed by atoms with E-state index in [4.69, 9.17) is 0 Å². The molecule has 1 saturated heterocycles. The molecule has 0 bridgehead atoms. The van der Waals surface area contributed by atoms with Gasteiger partial charge in [0.1, 0.15) is 0 Å². The maximum Gasteiger partial charge on any atom is 0.236 e. The number of likely N-dealkylation sites (N-methyl/N-ethyl adjacent to an activating group) is 1. The molecule has 4 aromatic rings. The molecule has 4 heterocycles. The van der Waals surface area contributed by atoms with E-state index in [9.17, 15) is 4.79 Å². The summed E-state index contributed by atoms with van der Waals surface area (Å²) in [7, 11) is 3.90. The topological polar surface area (TPSA) is 57.2 Å². The van der Waals surface area contributed by atoms with Crippen molar-refractivity contribution >= 4 is 39.8 Å². The first-order valence-electron chi connectivity index (χ1n) is 12.5. The predicted molar refractivity (Wildman–Crippen MR) is 147 cm³/mol. The largest absolute Gasteiger partial charge is 0.354 e. The van der Waals surface area contributed by atoms with E-state index in [1.807, 2.05) is 30.1 Å². The summed E-state index contributed by atoms with van der Waals surface area (Å²) in [5.41, 5.74) is 7.34. The molecule has 1 fully saturated rings. The number of nitrogens with one attached hydrogen (secondary N) is 1. The van der Waals surface area contributed by atoms with Gasteiger partial charge in [-0.3, -0.25) is 8.77 Å². The van der Waals surface area contributed by atoms with E-state index in [1.54, 1.807) is 11.9 Å². The van der Waals surface area contributed by atoms with Crippen molar-refractivity contribution in [3.63, 3.8) is 0 Å². The number of likely N-dealkylation sites (tertiary alicyclic amines) is 1. The van der Waals surface area contributed by atoms with Crippen LogP contribution in [-0.2, 0) is 4.79 Å². The molecule has 1 amide bonds. The van der Waals surface area contributed by atoms with Gasteiger partial charge in [0.25, 0.3) is 0 Å². The zero-order valence-electron chi connectivity index (χ0n) is 21.3. The van der Waals surface area contributed by atoms with Crippen LogP contribution in [0.4, 0.5) is 0 Å². The first kappa shape index (κ1) is 23.9. The summed E-state index contributed by atoms with van der Waals surface area (Å²) in [4.78, 5) is 24.8. The van der Waals surface area contributed by atoms with Gasteiger partial charge in [0.2, 0.25) is 5.91 Å². The van der Waals surface area contributed by atoms with Crippen LogP contribution in [0, 0.1) is 0 Å². The summed E-state index contributed by atoms with van der Waals surface area (Å²) in [5, 5.41) is 2.48. The molecule has 3 aromatic heterocycles. The third-order valence-electron chi connectivity index (χ3n) is 7.23. The third kappa shape index (κ3) is 4.47. The Kier molecular flexibility index (Phi) is 6.64. The zero-order chi connectivity index (χ0) is 24.7. The van der Waals surface area contributed by atoms with Crippen LogP contribution in [-0.4, -0.2) is 69.6 Å². The molecule has 7 heteroatoms. The second-order valence-corrected chi connectivity index (χ2v) is 10.9. The van der Waals surface area contributed by atoms with Gasteiger partial charge in [0, 0.05) is 53.6 Å². The van der Waals surface area contributed by atoms with Gasteiger partial charge >= 0.3 is 0 Å². The van der Waals surface area contributed by atoms with Crippen LogP contribution < -0.4 is 0 Å². The summed E-state index contributed by atoms with van der Waals surface area (Å²) in [6, 6.07) is 11.2. The molecule has 1 N–H and O–H groups in total. The lowest BCUT2D eigenvalue weighted by Crippen LogP contribution is -2.42. The van der Waals surface area contributed by atoms with E-state index in [0.717, 1.165) is 31.6 Å². The average molecular weight is 490 g/mol. The van der Waals surface area contributed by atoms with Crippen molar-refractivity contribution in [1.82, 2.24) is 23.7 Å². The molecule has 0 aliphatic carbocycles. The highest BCUT2D eigenvalue weighted by Gasteiger charge is 2.25. The Hall–Kier alpha value is -2.77. The van der Waals surface area contributed by atoms with Crippen molar-refractivity contribution in [2.75, 3.05) is 40.0 Å². The monoisotopic (exact) mass is 489 g/mol. The van der Waals surface area contributed by atoms with E-state index >= 15 is 0 Å². The Labute approximate surface area is 211 Å². The number of hydrogen-bond acceptors (Lipinski definition) is 4. The maximum absolute atomic E-state index is 12.5. The molecule has 0 atom stereocenters. The number of pyridine rings is 1. The molecule has 35 heavy (non-hydrogen) atoms. The lowest BCUT2D eigenvalue weighted by atomic mass is 9.87. The van der Waals surface area contributed by atoms with E-state index in [1.165, 1.54) is 38.7 Å². The van der Waals surface area contributed by atoms with Crippen molar-refractivity contribution in [1.29, 1.82) is 0 Å². The van der Waals surface area contributed by atoms with Gasteiger partial charge in [-0.1, -0.05) is 19.9 Å². The first-order valence-corrected chi connectivity index (χ1v) is 13.6. The number of amides is 1. The minimum absolute atomic E-state index is 0.236. The smallest absolute Gasteiger partial charge is 0.236 e. The number of aromatic nitrogens is 3. The molecule has 1 aliphatic heterocycles. The zero-order valence-corrected chi connectivity index (χ0v) is 22.2. The normalized spacial score (nSPS) is 15.2. The number of rotatable bonds is 6. The number of carbonyl (C=O) groups is 1. The van der Waals surface area contributed by atoms with Crippen molar-refractivity contribution < 1.29 is 4.79 Å². The number of nitrogens with zero attached hydrogens (tertiary/aromatic N) is 4. The van der Waals surface area contributed by atoms with E-state index in [2.05, 4.69) is 70.6 Å². The van der Waals surface area contributed by atoms with Gasteiger partial charge in [-0.2, -0.15) is 0 Å². The Morgan fingerprint density at radius 2 is 1.94 bits per heavy atom. The third-order valence-corrected chi connectivity index (χ3v) is 7.92. The van der Waals surface area contributed by atoms with E-state index < -0.39 is 0 Å². The molecular weight excluding hydrogens is 454 g/mol. The minimum Gasteiger partial charge on any atom is -0.354 e. The van der Waals surface area contributed by atoms with Crippen LogP contribution in [0.2, 0.25) is 0 Å². The van der Waals surface area contributed by atoms with Gasteiger partial charge in [-0.25, -0.2) is 4.98 Å². The maximum atomic E-state index is 12.5. The van der Waals surface area contributed by atoms with Crippen molar-refractivity contribution in [3.05, 3.63) is 53.9 Å². The molecule has 0 unspecified atom stereocenters. The Morgan fingerprint density at radius 1 is 1.17 bits per heavy atom. The molecule has 6 nitrogen and oxygen atoms in total. The summed E-state index contributed by atoms with van der Waals surface area (Å²) in [6.07, 6.45) is 8.12. The SMILES string of the molecule is CSn1ccc2c(-c3[nH]c4ccc(C5CCN(C(=O)CN(C)C)CC5)cc4c3C(C)C)ccnc21. The minimum atomic E-state index is 0.236. The number of benzene rings is 1. The Balaban J connectivity index is 1.49. The lowest BCUT2D eigenvalue weighted by Gasteiger charge is -2.33. The summed E-state index contributed by atoms with van der Waals surface area (Å²) in [6.45, 7) is 6.72. The summed E-state index contributed by atoms with van der Waals surface area (Å²) >= 11 is 1.66. The number of H-pyrrole nitrogens is 1. The van der Waals surface area contributed by atoms with Crippen LogP contribution >= 0.6 is 11.9 Å². The molecule has 0 radical (unpaired) electrons. The van der Waals surface area contributed by atoms with Crippen molar-refractivity contribution in [2.45, 2.75) is 38.5 Å². The van der Waals surface area contributed by atoms with Crippen LogP contribution in [0.5, 0.6) is 0 Å². The number of hydrogen-bond donors (Lipinski definition) is 1. The second-order valence-electron chi connectivity index (χ2n) is 10.2. The molecule has 184 valence electrons. The van der Waals surface area contributed by atoms with Gasteiger partial charge in [-0.05, 0) is 86.1 Å². The van der Waals surface area contributed by atoms with Gasteiger partial charge in [0.05, 0.1) is 12.2 Å². The van der Waals surface area contributed by atoms with Crippen LogP contribution in [0.1, 0.15) is 49.7 Å². The van der Waals surface area contributed by atoms with E-state index in [0.29, 0.717) is 18.4 Å². The predicted octanol–water partition coefficient (Wildman–Crippen LogP) is 5.70. The summed E-state index contributed by atoms with van der Waals surface area (Å²) < 4.78 is 2.12. The first-order chi connectivity index (χ1) is 16.9. The number of piperidine rings is 1. The lowest BCUT2D eigenvalue weighted by molar-refractivity contribution is -0.132. The van der Waals surface area contributed by atoms with Crippen LogP contribution in [0.15, 0.2) is 42.7 Å². The van der Waals surface area contributed by atoms with Gasteiger partial charge < -0.3 is 14.8 Å². The molecule has 1 aliphatic rings. The molecule has 0 saturated carbocycles. The molecule has 5 rings (SSSR count). The van der Waals surface area contributed by atoms with Crippen LogP contribution in [0.3, 0.4) is 0 Å². The van der Waals surface area contributed by atoms with E-state index in [-0.39, 0.29) is 5.91 Å². The number of carbonyl (C=O) groups excluding carboxylic acids is 1. The molecular formula is C28H35N5OS. The standard InChI is InChI=1S/C28H35N5OS/c1-18(2)26-23-16-20(19-9-13-32(14-10-19)25(34)17-31(3)4)6-7-24(23)30-27(26)21-8-12-29-28-22(21)11-15-33(28)35-5/h6-8,11-12,15-16,18-19,30H,9-10,13-14,17H2,1-5H3. The Bertz CT molecular complexity index is 1360. The number of aromatic amines is 1.